The number of nitrogens with zero attached hydrogens (tertiary/aromatic N) is 3. The van der Waals surface area contributed by atoms with Gasteiger partial charge < -0.3 is 14.2 Å². The van der Waals surface area contributed by atoms with E-state index in [4.69, 9.17) is 4.74 Å². The summed E-state index contributed by atoms with van der Waals surface area (Å²) in [5, 5.41) is 0. The first-order valence-corrected chi connectivity index (χ1v) is 8.41. The van der Waals surface area contributed by atoms with Crippen LogP contribution >= 0.6 is 0 Å². The van der Waals surface area contributed by atoms with Gasteiger partial charge in [0.15, 0.2) is 0 Å². The van der Waals surface area contributed by atoms with Gasteiger partial charge in [0.25, 0.3) is 0 Å². The van der Waals surface area contributed by atoms with Gasteiger partial charge in [-0.05, 0) is 51.4 Å². The maximum absolute atomic E-state index is 12.1. The molecule has 2 aliphatic carbocycles. The second kappa shape index (κ2) is 4.74. The van der Waals surface area contributed by atoms with E-state index >= 15 is 0 Å². The zero-order valence-corrected chi connectivity index (χ0v) is 13.7. The molecule has 1 amide bonds. The molecule has 0 bridgehead atoms. The summed E-state index contributed by atoms with van der Waals surface area (Å²) >= 11 is 0. The standard InChI is InChI=1S/C17H25N3O2/c1-17(2,3)22-16(21)20-9-12-13(10-20)14(12)15-18-6-7-19(15)8-11-4-5-11/h6-7,11-14H,4-5,8-10H2,1-3H3. The van der Waals surface area contributed by atoms with E-state index < -0.39 is 5.60 Å². The molecule has 2 saturated carbocycles. The fourth-order valence-electron chi connectivity index (χ4n) is 3.74. The third-order valence-electron chi connectivity index (χ3n) is 5.04. The Hall–Kier alpha value is -1.52. The molecule has 22 heavy (non-hydrogen) atoms. The van der Waals surface area contributed by atoms with E-state index in [1.807, 2.05) is 31.9 Å². The molecule has 0 radical (unpaired) electrons. The molecule has 0 N–H and O–H groups in total. The summed E-state index contributed by atoms with van der Waals surface area (Å²) in [6, 6.07) is 0. The van der Waals surface area contributed by atoms with E-state index in [2.05, 4.69) is 15.7 Å². The number of carbonyl (C=O) groups excluding carboxylic acids is 1. The van der Waals surface area contributed by atoms with Gasteiger partial charge in [-0.2, -0.15) is 0 Å². The fraction of sp³-hybridized carbons (Fsp3) is 0.765. The minimum atomic E-state index is -0.413. The van der Waals surface area contributed by atoms with Gasteiger partial charge in [-0.1, -0.05) is 0 Å². The molecule has 2 unspecified atom stereocenters. The predicted octanol–water partition coefficient (Wildman–Crippen LogP) is 2.87. The lowest BCUT2D eigenvalue weighted by atomic mass is 10.2. The van der Waals surface area contributed by atoms with Crippen LogP contribution < -0.4 is 0 Å². The maximum Gasteiger partial charge on any atom is 0.410 e. The highest BCUT2D eigenvalue weighted by Crippen LogP contribution is 2.58. The summed E-state index contributed by atoms with van der Waals surface area (Å²) in [7, 11) is 0. The smallest absolute Gasteiger partial charge is 0.410 e. The van der Waals surface area contributed by atoms with Crippen molar-refractivity contribution in [3.05, 3.63) is 18.2 Å². The maximum atomic E-state index is 12.1. The van der Waals surface area contributed by atoms with E-state index in [0.717, 1.165) is 25.6 Å². The lowest BCUT2D eigenvalue weighted by Gasteiger charge is -2.26. The number of piperidine rings is 1. The lowest BCUT2D eigenvalue weighted by Crippen LogP contribution is -2.37. The number of carbonyl (C=O) groups is 1. The molecule has 1 saturated heterocycles. The van der Waals surface area contributed by atoms with Crippen molar-refractivity contribution < 1.29 is 9.53 Å². The first-order chi connectivity index (χ1) is 10.4. The summed E-state index contributed by atoms with van der Waals surface area (Å²) in [4.78, 5) is 18.6. The normalized spacial score (nSPS) is 30.3. The second-order valence-electron chi connectivity index (χ2n) is 8.12. The van der Waals surface area contributed by atoms with E-state index in [-0.39, 0.29) is 6.09 Å². The Balaban J connectivity index is 1.36. The molecular weight excluding hydrogens is 278 g/mol. The average Bonchev–Trinajstić information content (AvgIpc) is 3.24. The number of hydrogen-bond acceptors (Lipinski definition) is 3. The van der Waals surface area contributed by atoms with Crippen molar-refractivity contribution >= 4 is 6.09 Å². The van der Waals surface area contributed by atoms with Gasteiger partial charge in [-0.3, -0.25) is 0 Å². The van der Waals surface area contributed by atoms with Crippen LogP contribution in [0.5, 0.6) is 0 Å². The van der Waals surface area contributed by atoms with Crippen molar-refractivity contribution in [1.29, 1.82) is 0 Å². The Morgan fingerprint density at radius 3 is 2.59 bits per heavy atom. The van der Waals surface area contributed by atoms with E-state index in [1.165, 1.54) is 18.7 Å². The van der Waals surface area contributed by atoms with Gasteiger partial charge in [0.2, 0.25) is 0 Å². The Morgan fingerprint density at radius 1 is 1.32 bits per heavy atom. The van der Waals surface area contributed by atoms with Gasteiger partial charge in [-0.25, -0.2) is 9.78 Å². The van der Waals surface area contributed by atoms with Gasteiger partial charge in [0, 0.05) is 37.9 Å². The SMILES string of the molecule is CC(C)(C)OC(=O)N1CC2C(C1)C2c1nccn1CC1CC1. The number of fused-ring (bicyclic) bond motifs is 1. The Kier molecular flexibility index (Phi) is 3.03. The summed E-state index contributed by atoms with van der Waals surface area (Å²) in [6.07, 6.45) is 6.60. The van der Waals surface area contributed by atoms with Gasteiger partial charge >= 0.3 is 6.09 Å². The van der Waals surface area contributed by atoms with Crippen LogP contribution in [0.2, 0.25) is 0 Å². The zero-order valence-electron chi connectivity index (χ0n) is 13.7. The van der Waals surface area contributed by atoms with Crippen LogP contribution in [0, 0.1) is 17.8 Å². The third-order valence-corrected chi connectivity index (χ3v) is 5.04. The van der Waals surface area contributed by atoms with Crippen molar-refractivity contribution in [3.8, 4) is 0 Å². The molecule has 120 valence electrons. The molecule has 1 aliphatic heterocycles. The minimum absolute atomic E-state index is 0.167. The number of ether oxygens (including phenoxy) is 1. The van der Waals surface area contributed by atoms with Crippen LogP contribution in [0.15, 0.2) is 12.4 Å². The molecule has 0 aromatic carbocycles. The molecule has 1 aromatic rings. The molecule has 2 heterocycles. The van der Waals surface area contributed by atoms with Crippen molar-refractivity contribution in [2.45, 2.75) is 51.7 Å². The highest BCUT2D eigenvalue weighted by atomic mass is 16.6. The second-order valence-corrected chi connectivity index (χ2v) is 8.12. The fourth-order valence-corrected chi connectivity index (χ4v) is 3.74. The molecule has 5 nitrogen and oxygen atoms in total. The van der Waals surface area contributed by atoms with Gasteiger partial charge in [0.05, 0.1) is 0 Å². The van der Waals surface area contributed by atoms with Gasteiger partial charge in [-0.15, -0.1) is 0 Å². The molecule has 5 heteroatoms. The van der Waals surface area contributed by atoms with E-state index in [9.17, 15) is 4.79 Å². The number of likely N-dealkylation sites (tertiary alicyclic amines) is 1. The summed E-state index contributed by atoms with van der Waals surface area (Å²) in [5.41, 5.74) is -0.413. The number of imidazole rings is 1. The quantitative estimate of drug-likeness (QED) is 0.862. The molecule has 0 spiro atoms. The predicted molar refractivity (Wildman–Crippen MR) is 82.5 cm³/mol. The first-order valence-electron chi connectivity index (χ1n) is 8.41. The Morgan fingerprint density at radius 2 is 2.00 bits per heavy atom. The molecule has 1 aromatic heterocycles. The molecule has 3 aliphatic rings. The van der Waals surface area contributed by atoms with Crippen molar-refractivity contribution in [2.24, 2.45) is 17.8 Å². The lowest BCUT2D eigenvalue weighted by molar-refractivity contribution is 0.0270. The minimum Gasteiger partial charge on any atom is -0.444 e. The summed E-state index contributed by atoms with van der Waals surface area (Å²) in [5.74, 6) is 3.81. The van der Waals surface area contributed by atoms with Crippen molar-refractivity contribution in [2.75, 3.05) is 13.1 Å². The highest BCUT2D eigenvalue weighted by molar-refractivity contribution is 5.69. The van der Waals surface area contributed by atoms with Crippen molar-refractivity contribution in [1.82, 2.24) is 14.5 Å². The molecule has 4 rings (SSSR count). The average molecular weight is 303 g/mol. The third kappa shape index (κ3) is 2.61. The zero-order chi connectivity index (χ0) is 15.5. The monoisotopic (exact) mass is 303 g/mol. The van der Waals surface area contributed by atoms with Gasteiger partial charge in [0.1, 0.15) is 11.4 Å². The van der Waals surface area contributed by atoms with Crippen LogP contribution in [0.4, 0.5) is 4.79 Å². The molecular formula is C17H25N3O2. The highest BCUT2D eigenvalue weighted by Gasteiger charge is 2.59. The number of rotatable bonds is 3. The number of aromatic nitrogens is 2. The molecule has 3 fully saturated rings. The number of hydrogen-bond donors (Lipinski definition) is 0. The Bertz CT molecular complexity index is 573. The topological polar surface area (TPSA) is 47.4 Å². The van der Waals surface area contributed by atoms with Crippen molar-refractivity contribution in [3.63, 3.8) is 0 Å². The van der Waals surface area contributed by atoms with Crippen LogP contribution in [0.3, 0.4) is 0 Å². The number of amides is 1. The molecule has 2 atom stereocenters. The summed E-state index contributed by atoms with van der Waals surface area (Å²) in [6.45, 7) is 8.51. The Labute approximate surface area is 131 Å². The van der Waals surface area contributed by atoms with Crippen LogP contribution in [0.1, 0.15) is 45.4 Å². The van der Waals surface area contributed by atoms with Crippen LogP contribution in [-0.4, -0.2) is 39.2 Å². The van der Waals surface area contributed by atoms with E-state index in [0.29, 0.717) is 17.8 Å². The van der Waals surface area contributed by atoms with Crippen LogP contribution in [-0.2, 0) is 11.3 Å². The van der Waals surface area contributed by atoms with Crippen LogP contribution in [0.25, 0.3) is 0 Å². The first kappa shape index (κ1) is 14.1. The summed E-state index contributed by atoms with van der Waals surface area (Å²) < 4.78 is 7.81. The van der Waals surface area contributed by atoms with E-state index in [1.54, 1.807) is 0 Å². The largest absolute Gasteiger partial charge is 0.444 e.